The first-order valence-corrected chi connectivity index (χ1v) is 9.11. The molecule has 0 amide bonds. The Morgan fingerprint density at radius 3 is 2.76 bits per heavy atom. The molecule has 1 N–H and O–H groups in total. The third kappa shape index (κ3) is 2.68. The van der Waals surface area contributed by atoms with Gasteiger partial charge in [0.15, 0.2) is 0 Å². The molecule has 0 bridgehead atoms. The van der Waals surface area contributed by atoms with Crippen LogP contribution in [0.1, 0.15) is 18.9 Å². The van der Waals surface area contributed by atoms with Crippen LogP contribution in [0.2, 0.25) is 0 Å². The molecule has 4 rings (SSSR count). The molecule has 126 valence electrons. The minimum Gasteiger partial charge on any atom is -0.384 e. The summed E-state index contributed by atoms with van der Waals surface area (Å²) in [5.74, 6) is 0. The van der Waals surface area contributed by atoms with Crippen molar-refractivity contribution in [3.63, 3.8) is 0 Å². The van der Waals surface area contributed by atoms with Crippen LogP contribution in [0.15, 0.2) is 47.5 Å². The van der Waals surface area contributed by atoms with Crippen molar-refractivity contribution in [2.45, 2.75) is 20.3 Å². The van der Waals surface area contributed by atoms with E-state index in [0.717, 1.165) is 45.5 Å². The maximum atomic E-state index is 13.0. The number of pyridine rings is 1. The summed E-state index contributed by atoms with van der Waals surface area (Å²) < 4.78 is 2.14. The summed E-state index contributed by atoms with van der Waals surface area (Å²) in [6.07, 6.45) is 4.58. The van der Waals surface area contributed by atoms with E-state index < -0.39 is 0 Å². The van der Waals surface area contributed by atoms with E-state index in [0.29, 0.717) is 4.70 Å². The fourth-order valence-corrected chi connectivity index (χ4v) is 3.94. The first-order valence-electron chi connectivity index (χ1n) is 8.29. The van der Waals surface area contributed by atoms with Gasteiger partial charge in [-0.2, -0.15) is 9.78 Å². The van der Waals surface area contributed by atoms with Crippen molar-refractivity contribution in [1.82, 2.24) is 14.8 Å². The van der Waals surface area contributed by atoms with E-state index >= 15 is 0 Å². The maximum Gasteiger partial charge on any atom is 0.289 e. The van der Waals surface area contributed by atoms with E-state index in [-0.39, 0.29) is 5.56 Å². The highest BCUT2D eigenvalue weighted by Gasteiger charge is 2.15. The Kier molecular flexibility index (Phi) is 3.97. The molecule has 0 radical (unpaired) electrons. The Bertz CT molecular complexity index is 1110. The molecule has 0 aliphatic heterocycles. The third-order valence-electron chi connectivity index (χ3n) is 4.16. The Labute approximate surface area is 149 Å². The minimum atomic E-state index is -0.106. The SMILES string of the molecule is CCCNc1ccnc2sc3c(=O)n(-c4ccc(C)cc4)ncc3c12. The smallest absolute Gasteiger partial charge is 0.289 e. The lowest BCUT2D eigenvalue weighted by Crippen LogP contribution is -2.19. The van der Waals surface area contributed by atoms with Crippen LogP contribution in [0.5, 0.6) is 0 Å². The molecule has 4 aromatic rings. The highest BCUT2D eigenvalue weighted by molar-refractivity contribution is 7.25. The lowest BCUT2D eigenvalue weighted by Gasteiger charge is -2.07. The van der Waals surface area contributed by atoms with Crippen molar-refractivity contribution >= 4 is 37.3 Å². The van der Waals surface area contributed by atoms with Crippen LogP contribution in [-0.4, -0.2) is 21.3 Å². The van der Waals surface area contributed by atoms with E-state index in [2.05, 4.69) is 22.3 Å². The van der Waals surface area contributed by atoms with Gasteiger partial charge in [-0.3, -0.25) is 4.79 Å². The zero-order valence-electron chi connectivity index (χ0n) is 14.1. The Hall–Kier alpha value is -2.73. The number of nitrogens with zero attached hydrogens (tertiary/aromatic N) is 3. The molecule has 5 nitrogen and oxygen atoms in total. The van der Waals surface area contributed by atoms with Crippen LogP contribution in [-0.2, 0) is 0 Å². The topological polar surface area (TPSA) is 59.8 Å². The normalized spacial score (nSPS) is 11.3. The average molecular weight is 350 g/mol. The molecule has 6 heteroatoms. The first kappa shape index (κ1) is 15.8. The predicted octanol–water partition coefficient (Wildman–Crippen LogP) is 4.13. The highest BCUT2D eigenvalue weighted by Crippen LogP contribution is 2.34. The van der Waals surface area contributed by atoms with E-state index in [1.807, 2.05) is 37.3 Å². The number of aryl methyl sites for hydroxylation is 1. The summed E-state index contributed by atoms with van der Waals surface area (Å²) in [7, 11) is 0. The van der Waals surface area contributed by atoms with Crippen molar-refractivity contribution < 1.29 is 0 Å². The lowest BCUT2D eigenvalue weighted by molar-refractivity contribution is 0.823. The van der Waals surface area contributed by atoms with Crippen LogP contribution in [0.25, 0.3) is 26.0 Å². The number of thiophene rings is 1. The van der Waals surface area contributed by atoms with Gasteiger partial charge in [0.25, 0.3) is 5.56 Å². The van der Waals surface area contributed by atoms with Gasteiger partial charge in [-0.1, -0.05) is 24.6 Å². The van der Waals surface area contributed by atoms with E-state index in [1.165, 1.54) is 16.0 Å². The Morgan fingerprint density at radius 2 is 2.00 bits per heavy atom. The van der Waals surface area contributed by atoms with Gasteiger partial charge in [-0.05, 0) is 31.5 Å². The molecule has 0 aliphatic carbocycles. The van der Waals surface area contributed by atoms with Crippen molar-refractivity contribution in [3.05, 3.63) is 58.6 Å². The third-order valence-corrected chi connectivity index (χ3v) is 5.26. The summed E-state index contributed by atoms with van der Waals surface area (Å²) >= 11 is 1.42. The van der Waals surface area contributed by atoms with Gasteiger partial charge in [0.2, 0.25) is 0 Å². The monoisotopic (exact) mass is 350 g/mol. The van der Waals surface area contributed by atoms with Crippen molar-refractivity contribution in [3.8, 4) is 5.69 Å². The number of hydrogen-bond donors (Lipinski definition) is 1. The second-order valence-corrected chi connectivity index (χ2v) is 7.01. The van der Waals surface area contributed by atoms with Crippen LogP contribution in [0.4, 0.5) is 5.69 Å². The van der Waals surface area contributed by atoms with Gasteiger partial charge in [-0.25, -0.2) is 4.98 Å². The zero-order valence-corrected chi connectivity index (χ0v) is 14.9. The molecule has 0 saturated heterocycles. The average Bonchev–Trinajstić information content (AvgIpc) is 3.01. The molecule has 3 aromatic heterocycles. The Morgan fingerprint density at radius 1 is 1.20 bits per heavy atom. The number of benzene rings is 1. The summed E-state index contributed by atoms with van der Waals surface area (Å²) in [5.41, 5.74) is 2.82. The molecule has 3 heterocycles. The summed E-state index contributed by atoms with van der Waals surface area (Å²) in [6, 6.07) is 9.74. The van der Waals surface area contributed by atoms with Gasteiger partial charge in [0.05, 0.1) is 11.9 Å². The second kappa shape index (κ2) is 6.29. The van der Waals surface area contributed by atoms with Gasteiger partial charge in [0, 0.05) is 29.2 Å². The van der Waals surface area contributed by atoms with Crippen molar-refractivity contribution in [2.75, 3.05) is 11.9 Å². The molecular weight excluding hydrogens is 332 g/mol. The largest absolute Gasteiger partial charge is 0.384 e. The second-order valence-electron chi connectivity index (χ2n) is 6.01. The fraction of sp³-hybridized carbons (Fsp3) is 0.211. The molecule has 25 heavy (non-hydrogen) atoms. The van der Waals surface area contributed by atoms with Gasteiger partial charge in [0.1, 0.15) is 9.53 Å². The first-order chi connectivity index (χ1) is 12.2. The maximum absolute atomic E-state index is 13.0. The van der Waals surface area contributed by atoms with Crippen molar-refractivity contribution in [1.29, 1.82) is 0 Å². The molecule has 0 atom stereocenters. The summed E-state index contributed by atoms with van der Waals surface area (Å²) in [5, 5.41) is 9.67. The van der Waals surface area contributed by atoms with Crippen LogP contribution >= 0.6 is 11.3 Å². The summed E-state index contributed by atoms with van der Waals surface area (Å²) in [6.45, 7) is 5.02. The van der Waals surface area contributed by atoms with Gasteiger partial charge < -0.3 is 5.32 Å². The molecule has 1 aromatic carbocycles. The number of fused-ring (bicyclic) bond motifs is 3. The predicted molar refractivity (Wildman–Crippen MR) is 104 cm³/mol. The number of nitrogens with one attached hydrogen (secondary N) is 1. The van der Waals surface area contributed by atoms with Gasteiger partial charge >= 0.3 is 0 Å². The van der Waals surface area contributed by atoms with E-state index in [1.54, 1.807) is 12.4 Å². The summed E-state index contributed by atoms with van der Waals surface area (Å²) in [4.78, 5) is 18.3. The molecular formula is C19H18N4OS. The lowest BCUT2D eigenvalue weighted by atomic mass is 10.2. The molecule has 0 fully saturated rings. The number of anilines is 1. The van der Waals surface area contributed by atoms with Crippen LogP contribution in [0.3, 0.4) is 0 Å². The van der Waals surface area contributed by atoms with E-state index in [4.69, 9.17) is 0 Å². The minimum absolute atomic E-state index is 0.106. The van der Waals surface area contributed by atoms with Crippen molar-refractivity contribution in [2.24, 2.45) is 0 Å². The standard InChI is InChI=1S/C19H18N4OS/c1-3-9-20-15-8-10-21-18-16(15)14-11-22-23(19(24)17(14)25-18)13-6-4-12(2)5-7-13/h4-8,10-11H,3,9H2,1-2H3,(H,20,21). The molecule has 0 aliphatic rings. The number of rotatable bonds is 4. The molecule has 0 spiro atoms. The zero-order chi connectivity index (χ0) is 17.4. The molecule has 0 unspecified atom stereocenters. The Balaban J connectivity index is 1.95. The number of hydrogen-bond acceptors (Lipinski definition) is 5. The quantitative estimate of drug-likeness (QED) is 0.601. The van der Waals surface area contributed by atoms with Crippen LogP contribution in [0, 0.1) is 6.92 Å². The molecule has 0 saturated carbocycles. The van der Waals surface area contributed by atoms with Gasteiger partial charge in [-0.15, -0.1) is 11.3 Å². The van der Waals surface area contributed by atoms with Crippen LogP contribution < -0.4 is 10.9 Å². The number of aromatic nitrogens is 3. The van der Waals surface area contributed by atoms with E-state index in [9.17, 15) is 4.79 Å². The fourth-order valence-electron chi connectivity index (χ4n) is 2.87. The highest BCUT2D eigenvalue weighted by atomic mass is 32.1.